The Kier molecular flexibility index (Phi) is 5.29. The summed E-state index contributed by atoms with van der Waals surface area (Å²) in [6.07, 6.45) is 3.03. The number of urea groups is 1. The highest BCUT2D eigenvalue weighted by atomic mass is 19.1. The molecule has 0 aliphatic heterocycles. The fraction of sp³-hybridized carbons (Fsp3) is 0.267. The number of amides is 2. The number of nitrogens with one attached hydrogen (secondary N) is 2. The minimum Gasteiger partial charge on any atom is -0.481 e. The van der Waals surface area contributed by atoms with Gasteiger partial charge in [0.25, 0.3) is 0 Å². The van der Waals surface area contributed by atoms with Gasteiger partial charge < -0.3 is 15.7 Å². The topological polar surface area (TPSA) is 96.3 Å². The van der Waals surface area contributed by atoms with Crippen molar-refractivity contribution in [2.45, 2.75) is 19.4 Å². The molecule has 1 aromatic carbocycles. The number of hydrogen-bond acceptors (Lipinski definition) is 3. The molecule has 122 valence electrons. The highest BCUT2D eigenvalue weighted by Crippen LogP contribution is 2.19. The van der Waals surface area contributed by atoms with Crippen LogP contribution in [-0.2, 0) is 4.79 Å². The highest BCUT2D eigenvalue weighted by Gasteiger charge is 2.13. The summed E-state index contributed by atoms with van der Waals surface area (Å²) in [6, 6.07) is 5.37. The third kappa shape index (κ3) is 4.53. The lowest BCUT2D eigenvalue weighted by atomic mass is 10.1. The predicted molar refractivity (Wildman–Crippen MR) is 80.7 cm³/mol. The van der Waals surface area contributed by atoms with E-state index < -0.39 is 23.9 Å². The number of halogens is 1. The molecule has 0 radical (unpaired) electrons. The van der Waals surface area contributed by atoms with E-state index in [-0.39, 0.29) is 13.0 Å². The van der Waals surface area contributed by atoms with Gasteiger partial charge in [0.15, 0.2) is 0 Å². The summed E-state index contributed by atoms with van der Waals surface area (Å²) < 4.78 is 15.6. The van der Waals surface area contributed by atoms with E-state index in [1.165, 1.54) is 10.7 Å². The van der Waals surface area contributed by atoms with Crippen LogP contribution in [0.2, 0.25) is 0 Å². The first-order chi connectivity index (χ1) is 11.0. The van der Waals surface area contributed by atoms with Crippen molar-refractivity contribution >= 4 is 12.0 Å². The zero-order valence-corrected chi connectivity index (χ0v) is 12.5. The van der Waals surface area contributed by atoms with Gasteiger partial charge in [-0.05, 0) is 30.7 Å². The third-order valence-corrected chi connectivity index (χ3v) is 3.19. The van der Waals surface area contributed by atoms with Crippen LogP contribution < -0.4 is 10.6 Å². The number of nitrogens with zero attached hydrogens (tertiary/aromatic N) is 2. The molecule has 0 saturated carbocycles. The van der Waals surface area contributed by atoms with E-state index in [4.69, 9.17) is 5.11 Å². The molecule has 0 spiro atoms. The van der Waals surface area contributed by atoms with Gasteiger partial charge in [0.05, 0.1) is 12.5 Å². The highest BCUT2D eigenvalue weighted by molar-refractivity contribution is 5.75. The fourth-order valence-corrected chi connectivity index (χ4v) is 2.00. The summed E-state index contributed by atoms with van der Waals surface area (Å²) in [7, 11) is 0. The van der Waals surface area contributed by atoms with Gasteiger partial charge in [0.1, 0.15) is 11.5 Å². The van der Waals surface area contributed by atoms with E-state index in [1.54, 1.807) is 37.5 Å². The molecular formula is C15H17FN4O3. The van der Waals surface area contributed by atoms with Crippen molar-refractivity contribution in [3.05, 3.63) is 48.0 Å². The molecule has 3 N–H and O–H groups in total. The number of hydrogen-bond donors (Lipinski definition) is 3. The van der Waals surface area contributed by atoms with Crippen LogP contribution in [0.4, 0.5) is 9.18 Å². The molecule has 0 aliphatic rings. The van der Waals surface area contributed by atoms with E-state index in [0.717, 1.165) is 0 Å². The van der Waals surface area contributed by atoms with Crippen molar-refractivity contribution in [3.8, 4) is 5.69 Å². The second-order valence-corrected chi connectivity index (χ2v) is 4.93. The van der Waals surface area contributed by atoms with Gasteiger partial charge in [-0.15, -0.1) is 0 Å². The lowest BCUT2D eigenvalue weighted by Crippen LogP contribution is -2.38. The smallest absolute Gasteiger partial charge is 0.315 e. The van der Waals surface area contributed by atoms with Crippen molar-refractivity contribution in [2.75, 3.05) is 6.54 Å². The average molecular weight is 320 g/mol. The molecule has 0 unspecified atom stereocenters. The lowest BCUT2D eigenvalue weighted by Gasteiger charge is -2.16. The first-order valence-electron chi connectivity index (χ1n) is 7.03. The maximum atomic E-state index is 14.1. The first kappa shape index (κ1) is 16.5. The number of carboxylic acids is 1. The summed E-state index contributed by atoms with van der Waals surface area (Å²) in [5, 5.41) is 17.5. The van der Waals surface area contributed by atoms with Crippen molar-refractivity contribution in [3.63, 3.8) is 0 Å². The summed E-state index contributed by atoms with van der Waals surface area (Å²) in [6.45, 7) is 1.74. The van der Waals surface area contributed by atoms with E-state index in [2.05, 4.69) is 15.7 Å². The molecule has 1 heterocycles. The molecule has 1 aromatic heterocycles. The number of carbonyl (C=O) groups is 2. The van der Waals surface area contributed by atoms with Crippen molar-refractivity contribution in [1.29, 1.82) is 0 Å². The minimum absolute atomic E-state index is 0.0283. The second kappa shape index (κ2) is 7.39. The van der Waals surface area contributed by atoms with Crippen LogP contribution in [-0.4, -0.2) is 33.4 Å². The summed E-state index contributed by atoms with van der Waals surface area (Å²) >= 11 is 0. The van der Waals surface area contributed by atoms with Crippen LogP contribution in [0, 0.1) is 5.82 Å². The summed E-state index contributed by atoms with van der Waals surface area (Å²) in [5.74, 6) is -1.44. The molecule has 7 nitrogen and oxygen atoms in total. The summed E-state index contributed by atoms with van der Waals surface area (Å²) in [4.78, 5) is 22.0. The van der Waals surface area contributed by atoms with Crippen LogP contribution in [0.5, 0.6) is 0 Å². The molecule has 0 saturated heterocycles. The van der Waals surface area contributed by atoms with Gasteiger partial charge in [-0.3, -0.25) is 4.79 Å². The predicted octanol–water partition coefficient (Wildman–Crippen LogP) is 1.85. The van der Waals surface area contributed by atoms with Gasteiger partial charge in [0, 0.05) is 18.9 Å². The van der Waals surface area contributed by atoms with Crippen molar-refractivity contribution < 1.29 is 19.1 Å². The molecule has 0 aliphatic carbocycles. The standard InChI is InChI=1S/C15H17FN4O3/c1-10(19-15(23)17-7-5-14(21)22)11-3-4-13(12(16)9-11)20-8-2-6-18-20/h2-4,6,8-10H,5,7H2,1H3,(H,21,22)(H2,17,19,23)/t10-/m1/s1. The van der Waals surface area contributed by atoms with Gasteiger partial charge in [-0.1, -0.05) is 6.07 Å². The maximum Gasteiger partial charge on any atom is 0.315 e. The molecule has 2 rings (SSSR count). The van der Waals surface area contributed by atoms with E-state index in [0.29, 0.717) is 11.3 Å². The third-order valence-electron chi connectivity index (χ3n) is 3.19. The second-order valence-electron chi connectivity index (χ2n) is 4.93. The van der Waals surface area contributed by atoms with Gasteiger partial charge in [-0.2, -0.15) is 5.10 Å². The zero-order chi connectivity index (χ0) is 16.8. The Bertz CT molecular complexity index is 688. The summed E-state index contributed by atoms with van der Waals surface area (Å²) in [5.41, 5.74) is 0.906. The van der Waals surface area contributed by atoms with E-state index >= 15 is 0 Å². The molecule has 2 aromatic rings. The number of rotatable bonds is 6. The molecule has 8 heteroatoms. The van der Waals surface area contributed by atoms with Crippen LogP contribution in [0.1, 0.15) is 24.9 Å². The largest absolute Gasteiger partial charge is 0.481 e. The first-order valence-corrected chi connectivity index (χ1v) is 7.03. The maximum absolute atomic E-state index is 14.1. The Balaban J connectivity index is 1.97. The number of carbonyl (C=O) groups excluding carboxylic acids is 1. The normalized spacial score (nSPS) is 11.7. The van der Waals surface area contributed by atoms with Crippen LogP contribution in [0.25, 0.3) is 5.69 Å². The molecular weight excluding hydrogens is 303 g/mol. The van der Waals surface area contributed by atoms with Crippen molar-refractivity contribution in [1.82, 2.24) is 20.4 Å². The number of aliphatic carboxylic acids is 1. The monoisotopic (exact) mass is 320 g/mol. The number of benzene rings is 1. The average Bonchev–Trinajstić information content (AvgIpc) is 3.00. The Labute approximate surface area is 132 Å². The minimum atomic E-state index is -0.991. The van der Waals surface area contributed by atoms with Crippen LogP contribution in [0.15, 0.2) is 36.7 Å². The molecule has 23 heavy (non-hydrogen) atoms. The van der Waals surface area contributed by atoms with Gasteiger partial charge >= 0.3 is 12.0 Å². The zero-order valence-electron chi connectivity index (χ0n) is 12.5. The van der Waals surface area contributed by atoms with Crippen LogP contribution in [0.3, 0.4) is 0 Å². The quantitative estimate of drug-likeness (QED) is 0.757. The molecule has 2 amide bonds. The van der Waals surface area contributed by atoms with E-state index in [9.17, 15) is 14.0 Å². The SMILES string of the molecule is C[C@@H](NC(=O)NCCC(=O)O)c1ccc(-n2cccn2)c(F)c1. The van der Waals surface area contributed by atoms with Gasteiger partial charge in [-0.25, -0.2) is 13.9 Å². The van der Waals surface area contributed by atoms with Gasteiger partial charge in [0.2, 0.25) is 0 Å². The Morgan fingerprint density at radius 1 is 1.43 bits per heavy atom. The van der Waals surface area contributed by atoms with E-state index in [1.807, 2.05) is 0 Å². The Hall–Kier alpha value is -2.90. The number of aromatic nitrogens is 2. The molecule has 0 fully saturated rings. The fourth-order valence-electron chi connectivity index (χ4n) is 2.00. The Morgan fingerprint density at radius 3 is 2.83 bits per heavy atom. The lowest BCUT2D eigenvalue weighted by molar-refractivity contribution is -0.136. The number of carboxylic acid groups (broad SMARTS) is 1. The Morgan fingerprint density at radius 2 is 2.22 bits per heavy atom. The van der Waals surface area contributed by atoms with Crippen LogP contribution >= 0.6 is 0 Å². The molecule has 1 atom stereocenters. The van der Waals surface area contributed by atoms with Crippen molar-refractivity contribution in [2.24, 2.45) is 0 Å². The molecule has 0 bridgehead atoms.